The zero-order valence-corrected chi connectivity index (χ0v) is 23.9. The number of nitrogens with one attached hydrogen (secondary N) is 1. The fraction of sp³-hybridized carbons (Fsp3) is 0.276. The summed E-state index contributed by atoms with van der Waals surface area (Å²) >= 11 is 5.93. The van der Waals surface area contributed by atoms with Gasteiger partial charge in [-0.05, 0) is 48.0 Å². The number of benzene rings is 3. The molecule has 2 amide bonds. The number of alkyl halides is 6. The molecule has 0 spiro atoms. The van der Waals surface area contributed by atoms with Crippen molar-refractivity contribution in [3.05, 3.63) is 76.6 Å². The molecule has 8 nitrogen and oxygen atoms in total. The lowest BCUT2D eigenvalue weighted by Gasteiger charge is -2.39. The maximum Gasteiger partial charge on any atom is 0.573 e. The van der Waals surface area contributed by atoms with Gasteiger partial charge in [-0.2, -0.15) is 13.2 Å². The largest absolute Gasteiger partial charge is 0.573 e. The first kappa shape index (κ1) is 33.4. The molecule has 1 fully saturated rings. The number of aldehydes is 1. The van der Waals surface area contributed by atoms with E-state index in [9.17, 15) is 45.1 Å². The fourth-order valence-corrected chi connectivity index (χ4v) is 4.84. The maximum absolute atomic E-state index is 14.6. The van der Waals surface area contributed by atoms with Crippen LogP contribution in [0.3, 0.4) is 0 Å². The minimum atomic E-state index is -4.93. The summed E-state index contributed by atoms with van der Waals surface area (Å²) in [6.45, 7) is -0.988. The summed E-state index contributed by atoms with van der Waals surface area (Å²) in [6.07, 6.45) is -9.21. The number of anilines is 1. The minimum absolute atomic E-state index is 0.00812. The number of halogens is 8. The molecular weight excluding hydrogens is 639 g/mol. The molecule has 16 heteroatoms. The van der Waals surface area contributed by atoms with E-state index in [4.69, 9.17) is 16.3 Å². The summed E-state index contributed by atoms with van der Waals surface area (Å²) in [7, 11) is 1.49. The van der Waals surface area contributed by atoms with Gasteiger partial charge in [0.05, 0.1) is 16.1 Å². The molecule has 1 heterocycles. The molecule has 0 radical (unpaired) electrons. The van der Waals surface area contributed by atoms with Crippen molar-refractivity contribution in [3.63, 3.8) is 0 Å². The third kappa shape index (κ3) is 7.95. The highest BCUT2D eigenvalue weighted by atomic mass is 35.5. The van der Waals surface area contributed by atoms with Gasteiger partial charge in [-0.3, -0.25) is 9.59 Å². The number of carbonyl (C=O) groups is 3. The second-order valence-corrected chi connectivity index (χ2v) is 10.1. The van der Waals surface area contributed by atoms with Crippen molar-refractivity contribution in [1.82, 2.24) is 9.80 Å². The second kappa shape index (κ2) is 13.2. The first-order chi connectivity index (χ1) is 21.1. The molecule has 0 aromatic heterocycles. The molecule has 240 valence electrons. The Morgan fingerprint density at radius 2 is 1.76 bits per heavy atom. The van der Waals surface area contributed by atoms with Crippen molar-refractivity contribution in [1.29, 1.82) is 0 Å². The number of hydrogen-bond acceptors (Lipinski definition) is 6. The molecular formula is C29H23ClF7N3O5. The first-order valence-corrected chi connectivity index (χ1v) is 13.4. The van der Waals surface area contributed by atoms with E-state index in [0.717, 1.165) is 18.2 Å². The predicted molar refractivity (Wildman–Crippen MR) is 147 cm³/mol. The van der Waals surface area contributed by atoms with Gasteiger partial charge in [-0.1, -0.05) is 17.7 Å². The quantitative estimate of drug-likeness (QED) is 0.234. The van der Waals surface area contributed by atoms with Gasteiger partial charge in [-0.15, -0.1) is 13.2 Å². The van der Waals surface area contributed by atoms with E-state index in [2.05, 4.69) is 10.1 Å². The van der Waals surface area contributed by atoms with E-state index in [1.54, 1.807) is 0 Å². The van der Waals surface area contributed by atoms with Gasteiger partial charge < -0.3 is 29.4 Å². The molecule has 1 unspecified atom stereocenters. The second-order valence-electron chi connectivity index (χ2n) is 9.67. The Morgan fingerprint density at radius 1 is 1.02 bits per heavy atom. The lowest BCUT2D eigenvalue weighted by Crippen LogP contribution is -2.58. The van der Waals surface area contributed by atoms with Crippen LogP contribution in [0.5, 0.6) is 11.5 Å². The van der Waals surface area contributed by atoms with Crippen molar-refractivity contribution in [2.75, 3.05) is 38.6 Å². The van der Waals surface area contributed by atoms with Gasteiger partial charge in [0.25, 0.3) is 11.8 Å². The van der Waals surface area contributed by atoms with Crippen LogP contribution >= 0.6 is 11.6 Å². The van der Waals surface area contributed by atoms with Crippen LogP contribution in [0.25, 0.3) is 11.1 Å². The highest BCUT2D eigenvalue weighted by Crippen LogP contribution is 2.35. The molecule has 4 rings (SSSR count). The topological polar surface area (TPSA) is 88.2 Å². The third-order valence-corrected chi connectivity index (χ3v) is 7.10. The van der Waals surface area contributed by atoms with Crippen molar-refractivity contribution in [3.8, 4) is 22.6 Å². The number of nitrogens with zero attached hydrogens (tertiary/aromatic N) is 2. The summed E-state index contributed by atoms with van der Waals surface area (Å²) in [6, 6.07) is 7.63. The highest BCUT2D eigenvalue weighted by Gasteiger charge is 2.35. The lowest BCUT2D eigenvalue weighted by molar-refractivity contribution is -0.274. The number of rotatable bonds is 8. The number of piperazine rings is 1. The Morgan fingerprint density at radius 3 is 2.38 bits per heavy atom. The van der Waals surface area contributed by atoms with Crippen LogP contribution in [0.1, 0.15) is 15.9 Å². The van der Waals surface area contributed by atoms with Gasteiger partial charge in [0, 0.05) is 44.0 Å². The lowest BCUT2D eigenvalue weighted by atomic mass is 9.98. The fourth-order valence-electron chi connectivity index (χ4n) is 4.62. The average molecular weight is 662 g/mol. The Balaban J connectivity index is 1.48. The summed E-state index contributed by atoms with van der Waals surface area (Å²) in [5.41, 5.74) is -1.26. The average Bonchev–Trinajstić information content (AvgIpc) is 2.98. The summed E-state index contributed by atoms with van der Waals surface area (Å²) in [5, 5.41) is 2.54. The standard InChI is InChI=1S/C29H23ClF7N3O5/c1-38-24-6-2-16(20-11-17(28(32,33)34)3-5-23(20)31)10-21(24)27(43)40-9-8-39(13-18(40)14-41)26(42)15-44-25-7-4-19(12-22(25)30)45-29(35,36)37/h2-7,10-12,14,18,38H,8-9,13,15H2,1H3. The van der Waals surface area contributed by atoms with Gasteiger partial charge >= 0.3 is 12.5 Å². The van der Waals surface area contributed by atoms with Crippen LogP contribution in [-0.4, -0.2) is 73.6 Å². The molecule has 1 atom stereocenters. The Kier molecular flexibility index (Phi) is 9.80. The van der Waals surface area contributed by atoms with E-state index in [0.29, 0.717) is 24.5 Å². The molecule has 1 N–H and O–H groups in total. The zero-order valence-electron chi connectivity index (χ0n) is 23.1. The van der Waals surface area contributed by atoms with Crippen LogP contribution in [-0.2, 0) is 15.8 Å². The Hall–Kier alpha value is -4.53. The van der Waals surface area contributed by atoms with Crippen LogP contribution in [0.2, 0.25) is 5.02 Å². The van der Waals surface area contributed by atoms with Crippen LogP contribution in [0, 0.1) is 5.82 Å². The summed E-state index contributed by atoms with van der Waals surface area (Å²) < 4.78 is 101. The van der Waals surface area contributed by atoms with Gasteiger partial charge in [0.2, 0.25) is 0 Å². The predicted octanol–water partition coefficient (Wildman–Crippen LogP) is 6.04. The van der Waals surface area contributed by atoms with E-state index in [-0.39, 0.29) is 52.8 Å². The molecule has 1 aliphatic rings. The first-order valence-electron chi connectivity index (χ1n) is 13.0. The molecule has 1 aliphatic heterocycles. The van der Waals surface area contributed by atoms with Crippen molar-refractivity contribution < 1.29 is 54.6 Å². The Bertz CT molecular complexity index is 1600. The van der Waals surface area contributed by atoms with E-state index < -0.39 is 54.1 Å². The number of carbonyl (C=O) groups excluding carboxylic acids is 3. The van der Waals surface area contributed by atoms with Gasteiger partial charge in [-0.25, -0.2) is 4.39 Å². The maximum atomic E-state index is 14.6. The van der Waals surface area contributed by atoms with E-state index >= 15 is 0 Å². The number of amides is 2. The summed E-state index contributed by atoms with van der Waals surface area (Å²) in [5.74, 6) is -2.93. The van der Waals surface area contributed by atoms with Gasteiger partial charge in [0.15, 0.2) is 6.61 Å². The summed E-state index contributed by atoms with van der Waals surface area (Å²) in [4.78, 5) is 40.9. The molecule has 0 aliphatic carbocycles. The van der Waals surface area contributed by atoms with E-state index in [1.165, 1.54) is 35.0 Å². The molecule has 45 heavy (non-hydrogen) atoms. The van der Waals surface area contributed by atoms with Crippen molar-refractivity contribution in [2.45, 2.75) is 18.6 Å². The smallest absolute Gasteiger partial charge is 0.482 e. The molecule has 3 aromatic carbocycles. The molecule has 0 bridgehead atoms. The van der Waals surface area contributed by atoms with Crippen molar-refractivity contribution >= 4 is 35.4 Å². The van der Waals surface area contributed by atoms with Crippen LogP contribution in [0.15, 0.2) is 54.6 Å². The van der Waals surface area contributed by atoms with Gasteiger partial charge in [0.1, 0.15) is 29.6 Å². The van der Waals surface area contributed by atoms with Crippen LogP contribution in [0.4, 0.5) is 36.4 Å². The molecule has 1 saturated heterocycles. The monoisotopic (exact) mass is 661 g/mol. The minimum Gasteiger partial charge on any atom is -0.482 e. The van der Waals surface area contributed by atoms with Crippen molar-refractivity contribution in [2.24, 2.45) is 0 Å². The van der Waals surface area contributed by atoms with E-state index in [1.807, 2.05) is 0 Å². The van der Waals surface area contributed by atoms with Crippen LogP contribution < -0.4 is 14.8 Å². The SMILES string of the molecule is CNc1ccc(-c2cc(C(F)(F)F)ccc2F)cc1C(=O)N1CCN(C(=O)COc2ccc(OC(F)(F)F)cc2Cl)CC1C=O. The third-order valence-electron chi connectivity index (χ3n) is 6.80. The molecule has 0 saturated carbocycles. The highest BCUT2D eigenvalue weighted by molar-refractivity contribution is 6.32. The number of hydrogen-bond donors (Lipinski definition) is 1. The molecule has 3 aromatic rings. The Labute approximate surface area is 256 Å². The zero-order chi connectivity index (χ0) is 33.1. The number of ether oxygens (including phenoxy) is 2. The normalized spacial score (nSPS) is 15.4.